The molecular formula is C14H19N5O8S. The highest BCUT2D eigenvalue weighted by atomic mass is 32.2. The molecule has 0 aliphatic carbocycles. The van der Waals surface area contributed by atoms with Crippen molar-refractivity contribution >= 4 is 39.3 Å². The van der Waals surface area contributed by atoms with Crippen LogP contribution in [0.3, 0.4) is 0 Å². The van der Waals surface area contributed by atoms with Crippen LogP contribution < -0.4 is 20.7 Å². The summed E-state index contributed by atoms with van der Waals surface area (Å²) in [6, 6.07) is 2.10. The second kappa shape index (κ2) is 9.09. The number of benzene rings is 1. The van der Waals surface area contributed by atoms with Crippen LogP contribution in [0, 0.1) is 10.1 Å². The van der Waals surface area contributed by atoms with Crippen LogP contribution in [0.5, 0.6) is 0 Å². The van der Waals surface area contributed by atoms with Gasteiger partial charge in [0.25, 0.3) is 11.6 Å². The van der Waals surface area contributed by atoms with E-state index in [2.05, 4.69) is 4.74 Å². The molecule has 154 valence electrons. The summed E-state index contributed by atoms with van der Waals surface area (Å²) in [6.45, 7) is 0.299. The molecule has 0 spiro atoms. The third-order valence-corrected chi connectivity index (χ3v) is 4.66. The predicted octanol–water partition coefficient (Wildman–Crippen LogP) is -0.934. The Morgan fingerprint density at radius 1 is 1.32 bits per heavy atom. The first-order valence-electron chi connectivity index (χ1n) is 7.60. The lowest BCUT2D eigenvalue weighted by atomic mass is 10.2. The van der Waals surface area contributed by atoms with Gasteiger partial charge in [0.1, 0.15) is 12.2 Å². The zero-order valence-corrected chi connectivity index (χ0v) is 16.0. The maximum atomic E-state index is 12.3. The van der Waals surface area contributed by atoms with Crippen LogP contribution in [-0.4, -0.2) is 58.0 Å². The van der Waals surface area contributed by atoms with Crippen molar-refractivity contribution in [3.05, 3.63) is 28.3 Å². The van der Waals surface area contributed by atoms with Crippen molar-refractivity contribution in [1.29, 1.82) is 0 Å². The van der Waals surface area contributed by atoms with Crippen LogP contribution >= 0.6 is 0 Å². The Kier molecular flexibility index (Phi) is 7.40. The van der Waals surface area contributed by atoms with Crippen LogP contribution in [0.1, 0.15) is 6.92 Å². The number of nitro benzene ring substituents is 1. The number of ether oxygens (including phenoxy) is 1. The fourth-order valence-corrected chi connectivity index (χ4v) is 2.94. The van der Waals surface area contributed by atoms with Crippen LogP contribution in [0.15, 0.2) is 23.1 Å². The fraction of sp³-hybridized carbons (Fsp3) is 0.357. The number of carbonyl (C=O) groups is 3. The standard InChI is InChI=1S/C14H19N5O8S/c1-8(13(21)17-14(15)22)27-12(20)7-16-28(25,26)9-4-5-10(18(2)3)11(6-9)19(23)24/h4-6,8,16H,7H2,1-3H3,(H3,15,17,21,22)/t8-/m1/s1. The molecule has 1 atom stereocenters. The summed E-state index contributed by atoms with van der Waals surface area (Å²) >= 11 is 0. The van der Waals surface area contributed by atoms with Gasteiger partial charge in [-0.15, -0.1) is 0 Å². The largest absolute Gasteiger partial charge is 0.452 e. The van der Waals surface area contributed by atoms with E-state index in [4.69, 9.17) is 5.73 Å². The van der Waals surface area contributed by atoms with Gasteiger partial charge in [0.15, 0.2) is 6.10 Å². The molecule has 0 radical (unpaired) electrons. The zero-order chi connectivity index (χ0) is 21.6. The number of sulfonamides is 1. The number of nitrogens with one attached hydrogen (secondary N) is 2. The molecule has 0 heterocycles. The number of rotatable bonds is 8. The second-order valence-corrected chi connectivity index (χ2v) is 7.38. The smallest absolute Gasteiger partial charge is 0.321 e. The van der Waals surface area contributed by atoms with Crippen molar-refractivity contribution in [1.82, 2.24) is 10.0 Å². The highest BCUT2D eigenvalue weighted by molar-refractivity contribution is 7.89. The molecule has 1 aromatic carbocycles. The first-order valence-corrected chi connectivity index (χ1v) is 9.08. The number of anilines is 1. The molecule has 0 bridgehead atoms. The van der Waals surface area contributed by atoms with E-state index in [-0.39, 0.29) is 5.69 Å². The van der Waals surface area contributed by atoms with Crippen molar-refractivity contribution in [2.24, 2.45) is 5.73 Å². The summed E-state index contributed by atoms with van der Waals surface area (Å²) in [4.78, 5) is 45.1. The summed E-state index contributed by atoms with van der Waals surface area (Å²) in [5.74, 6) is -2.10. The molecule has 14 heteroatoms. The van der Waals surface area contributed by atoms with Crippen LogP contribution in [0.25, 0.3) is 0 Å². The van der Waals surface area contributed by atoms with E-state index >= 15 is 0 Å². The molecule has 1 aromatic rings. The van der Waals surface area contributed by atoms with Gasteiger partial charge in [-0.1, -0.05) is 0 Å². The van der Waals surface area contributed by atoms with E-state index in [0.29, 0.717) is 0 Å². The molecule has 0 fully saturated rings. The number of imide groups is 1. The SMILES string of the molecule is C[C@@H](OC(=O)CNS(=O)(=O)c1ccc(N(C)C)c([N+](=O)[O-])c1)C(=O)NC(N)=O. The molecule has 0 aliphatic heterocycles. The summed E-state index contributed by atoms with van der Waals surface area (Å²) < 4.78 is 31.1. The van der Waals surface area contributed by atoms with E-state index in [1.807, 2.05) is 4.72 Å². The summed E-state index contributed by atoms with van der Waals surface area (Å²) in [6.07, 6.45) is -1.40. The average Bonchev–Trinajstić information content (AvgIpc) is 2.58. The Labute approximate surface area is 160 Å². The molecule has 0 unspecified atom stereocenters. The number of carbonyl (C=O) groups excluding carboxylic acids is 3. The van der Waals surface area contributed by atoms with Gasteiger partial charge in [-0.2, -0.15) is 4.72 Å². The van der Waals surface area contributed by atoms with E-state index in [0.717, 1.165) is 19.1 Å². The minimum Gasteiger partial charge on any atom is -0.452 e. The van der Waals surface area contributed by atoms with Crippen molar-refractivity contribution in [3.8, 4) is 0 Å². The number of primary amides is 1. The monoisotopic (exact) mass is 417 g/mol. The molecule has 13 nitrogen and oxygen atoms in total. The molecule has 0 aromatic heterocycles. The third kappa shape index (κ3) is 6.17. The van der Waals surface area contributed by atoms with Crippen molar-refractivity contribution < 1.29 is 32.5 Å². The summed E-state index contributed by atoms with van der Waals surface area (Å²) in [5.41, 5.74) is 4.51. The van der Waals surface area contributed by atoms with E-state index in [9.17, 15) is 32.9 Å². The normalized spacial score (nSPS) is 12.0. The van der Waals surface area contributed by atoms with Gasteiger partial charge in [-0.05, 0) is 19.1 Å². The molecule has 0 aliphatic rings. The highest BCUT2D eigenvalue weighted by Crippen LogP contribution is 2.29. The van der Waals surface area contributed by atoms with Crippen LogP contribution in [-0.2, 0) is 24.3 Å². The number of nitrogens with two attached hydrogens (primary N) is 1. The molecule has 0 saturated heterocycles. The van der Waals surface area contributed by atoms with Crippen molar-refractivity contribution in [2.45, 2.75) is 17.9 Å². The predicted molar refractivity (Wildman–Crippen MR) is 95.9 cm³/mol. The molecule has 1 rings (SSSR count). The first-order chi connectivity index (χ1) is 12.8. The Hall–Kier alpha value is -3.26. The Bertz CT molecular complexity index is 899. The zero-order valence-electron chi connectivity index (χ0n) is 15.2. The van der Waals surface area contributed by atoms with Crippen molar-refractivity contribution in [3.63, 3.8) is 0 Å². The first kappa shape index (κ1) is 22.8. The van der Waals surface area contributed by atoms with Crippen LogP contribution in [0.4, 0.5) is 16.2 Å². The molecule has 0 saturated carbocycles. The van der Waals surface area contributed by atoms with E-state index in [1.54, 1.807) is 19.4 Å². The van der Waals surface area contributed by atoms with Crippen LogP contribution in [0.2, 0.25) is 0 Å². The maximum absolute atomic E-state index is 12.3. The number of amides is 3. The summed E-state index contributed by atoms with van der Waals surface area (Å²) in [5, 5.41) is 12.8. The van der Waals surface area contributed by atoms with Gasteiger partial charge in [0, 0.05) is 20.2 Å². The molecule has 4 N–H and O–H groups in total. The minimum atomic E-state index is -4.28. The molecule has 28 heavy (non-hydrogen) atoms. The topological polar surface area (TPSA) is 191 Å². The quantitative estimate of drug-likeness (QED) is 0.272. The van der Waals surface area contributed by atoms with E-state index in [1.165, 1.54) is 11.0 Å². The molecular weight excluding hydrogens is 398 g/mol. The van der Waals surface area contributed by atoms with Gasteiger partial charge in [-0.3, -0.25) is 25.0 Å². The van der Waals surface area contributed by atoms with Gasteiger partial charge < -0.3 is 15.4 Å². The minimum absolute atomic E-state index is 0.192. The number of nitrogens with zero attached hydrogens (tertiary/aromatic N) is 2. The number of hydrogen-bond donors (Lipinski definition) is 3. The Balaban J connectivity index is 2.85. The van der Waals surface area contributed by atoms with Gasteiger partial charge in [-0.25, -0.2) is 13.2 Å². The lowest BCUT2D eigenvalue weighted by molar-refractivity contribution is -0.384. The Morgan fingerprint density at radius 2 is 1.93 bits per heavy atom. The Morgan fingerprint density at radius 3 is 2.43 bits per heavy atom. The average molecular weight is 417 g/mol. The van der Waals surface area contributed by atoms with Gasteiger partial charge >= 0.3 is 12.0 Å². The van der Waals surface area contributed by atoms with Gasteiger partial charge in [0.05, 0.1) is 9.82 Å². The molecule has 3 amide bonds. The third-order valence-electron chi connectivity index (χ3n) is 3.27. The van der Waals surface area contributed by atoms with Crippen molar-refractivity contribution in [2.75, 3.05) is 25.5 Å². The van der Waals surface area contributed by atoms with Gasteiger partial charge in [0.2, 0.25) is 10.0 Å². The maximum Gasteiger partial charge on any atom is 0.321 e. The second-order valence-electron chi connectivity index (χ2n) is 5.61. The number of esters is 1. The number of urea groups is 1. The number of hydrogen-bond acceptors (Lipinski definition) is 9. The van der Waals surface area contributed by atoms with E-state index < -0.39 is 56.1 Å². The lowest BCUT2D eigenvalue weighted by Gasteiger charge is -2.14. The number of nitro groups is 1. The lowest BCUT2D eigenvalue weighted by Crippen LogP contribution is -2.43. The highest BCUT2D eigenvalue weighted by Gasteiger charge is 2.24. The fourth-order valence-electron chi connectivity index (χ4n) is 1.95. The summed E-state index contributed by atoms with van der Waals surface area (Å²) in [7, 11) is -1.17.